The SMILES string of the molecule is CN(Cc1ccc(Br)o1)C(=O)CCC(CCN)C(C)(C)C. The molecule has 1 unspecified atom stereocenters. The van der Waals surface area contributed by atoms with E-state index in [1.54, 1.807) is 4.90 Å². The minimum atomic E-state index is 0.147. The van der Waals surface area contributed by atoms with E-state index in [0.29, 0.717) is 30.1 Å². The van der Waals surface area contributed by atoms with E-state index in [2.05, 4.69) is 36.7 Å². The van der Waals surface area contributed by atoms with Gasteiger partial charge in [0.15, 0.2) is 4.67 Å². The van der Waals surface area contributed by atoms with Gasteiger partial charge in [-0.2, -0.15) is 0 Å². The predicted molar refractivity (Wildman–Crippen MR) is 88.7 cm³/mol. The van der Waals surface area contributed by atoms with Crippen LogP contribution in [0.2, 0.25) is 0 Å². The fraction of sp³-hybridized carbons (Fsp3) is 0.688. The Morgan fingerprint density at radius 3 is 2.52 bits per heavy atom. The van der Waals surface area contributed by atoms with Gasteiger partial charge in [-0.25, -0.2) is 0 Å². The molecule has 5 heteroatoms. The molecule has 0 spiro atoms. The standard InChI is InChI=1S/C16H27BrN2O2/c1-16(2,3)12(9-10-18)5-8-15(20)19(4)11-13-6-7-14(17)21-13/h6-7,12H,5,8-11,18H2,1-4H3. The molecule has 1 heterocycles. The third kappa shape index (κ3) is 6.22. The second-order valence-corrected chi connectivity index (χ2v) is 7.42. The number of halogens is 1. The summed E-state index contributed by atoms with van der Waals surface area (Å²) in [4.78, 5) is 13.9. The summed E-state index contributed by atoms with van der Waals surface area (Å²) >= 11 is 3.27. The van der Waals surface area contributed by atoms with Gasteiger partial charge in [0, 0.05) is 13.5 Å². The van der Waals surface area contributed by atoms with Crippen LogP contribution in [0, 0.1) is 11.3 Å². The van der Waals surface area contributed by atoms with Crippen LogP contribution >= 0.6 is 15.9 Å². The summed E-state index contributed by atoms with van der Waals surface area (Å²) in [5.41, 5.74) is 5.87. The van der Waals surface area contributed by atoms with Gasteiger partial charge in [-0.05, 0) is 58.8 Å². The van der Waals surface area contributed by atoms with Crippen molar-refractivity contribution in [3.63, 3.8) is 0 Å². The Balaban J connectivity index is 2.48. The molecule has 1 atom stereocenters. The molecule has 21 heavy (non-hydrogen) atoms. The van der Waals surface area contributed by atoms with Crippen LogP contribution in [0.25, 0.3) is 0 Å². The number of carbonyl (C=O) groups is 1. The summed E-state index contributed by atoms with van der Waals surface area (Å²) in [6.07, 6.45) is 2.40. The van der Waals surface area contributed by atoms with Gasteiger partial charge in [-0.15, -0.1) is 0 Å². The Kier molecular flexibility index (Phi) is 6.94. The molecule has 0 saturated heterocycles. The molecule has 0 aliphatic rings. The van der Waals surface area contributed by atoms with E-state index in [1.165, 1.54) is 0 Å². The summed E-state index contributed by atoms with van der Waals surface area (Å²) in [6, 6.07) is 3.71. The van der Waals surface area contributed by atoms with Crippen molar-refractivity contribution >= 4 is 21.8 Å². The van der Waals surface area contributed by atoms with Crippen LogP contribution in [-0.2, 0) is 11.3 Å². The largest absolute Gasteiger partial charge is 0.452 e. The molecule has 2 N–H and O–H groups in total. The lowest BCUT2D eigenvalue weighted by atomic mass is 9.76. The van der Waals surface area contributed by atoms with Crippen molar-refractivity contribution in [3.8, 4) is 0 Å². The molecule has 0 saturated carbocycles. The van der Waals surface area contributed by atoms with E-state index in [-0.39, 0.29) is 11.3 Å². The number of nitrogens with two attached hydrogens (primary N) is 1. The Bertz CT molecular complexity index is 451. The highest BCUT2D eigenvalue weighted by Gasteiger charge is 2.25. The van der Waals surface area contributed by atoms with Gasteiger partial charge in [0.2, 0.25) is 5.91 Å². The van der Waals surface area contributed by atoms with Gasteiger partial charge < -0.3 is 15.1 Å². The lowest BCUT2D eigenvalue weighted by Crippen LogP contribution is -2.29. The van der Waals surface area contributed by atoms with Gasteiger partial charge >= 0.3 is 0 Å². The lowest BCUT2D eigenvalue weighted by Gasteiger charge is -2.31. The molecular weight excluding hydrogens is 332 g/mol. The van der Waals surface area contributed by atoms with Crippen molar-refractivity contribution in [1.29, 1.82) is 0 Å². The molecular formula is C16H27BrN2O2. The van der Waals surface area contributed by atoms with Crippen molar-refractivity contribution in [2.24, 2.45) is 17.1 Å². The smallest absolute Gasteiger partial charge is 0.222 e. The van der Waals surface area contributed by atoms with Crippen LogP contribution in [0.15, 0.2) is 21.2 Å². The molecule has 1 amide bonds. The van der Waals surface area contributed by atoms with Crippen molar-refractivity contribution in [3.05, 3.63) is 22.6 Å². The van der Waals surface area contributed by atoms with Crippen molar-refractivity contribution in [1.82, 2.24) is 4.90 Å². The molecule has 0 aliphatic heterocycles. The van der Waals surface area contributed by atoms with Gasteiger partial charge in [0.1, 0.15) is 5.76 Å². The van der Waals surface area contributed by atoms with Gasteiger partial charge in [-0.1, -0.05) is 20.8 Å². The Morgan fingerprint density at radius 2 is 2.05 bits per heavy atom. The number of nitrogens with zero attached hydrogens (tertiary/aromatic N) is 1. The number of hydrogen-bond acceptors (Lipinski definition) is 3. The second kappa shape index (κ2) is 7.99. The summed E-state index contributed by atoms with van der Waals surface area (Å²) in [5, 5.41) is 0. The Hall–Kier alpha value is -0.810. The minimum absolute atomic E-state index is 0.147. The van der Waals surface area contributed by atoms with Crippen molar-refractivity contribution in [2.45, 2.75) is 46.6 Å². The van der Waals surface area contributed by atoms with E-state index >= 15 is 0 Å². The number of furan rings is 1. The first-order chi connectivity index (χ1) is 9.74. The van der Waals surface area contributed by atoms with E-state index in [9.17, 15) is 4.79 Å². The molecule has 0 radical (unpaired) electrons. The summed E-state index contributed by atoms with van der Waals surface area (Å²) in [6.45, 7) is 7.81. The highest BCUT2D eigenvalue weighted by molar-refractivity contribution is 9.10. The zero-order valence-corrected chi connectivity index (χ0v) is 15.1. The average molecular weight is 359 g/mol. The summed E-state index contributed by atoms with van der Waals surface area (Å²) in [5.74, 6) is 1.40. The zero-order chi connectivity index (χ0) is 16.0. The first kappa shape index (κ1) is 18.2. The average Bonchev–Trinajstić information content (AvgIpc) is 2.78. The molecule has 0 bridgehead atoms. The normalized spacial score (nSPS) is 13.2. The number of hydrogen-bond donors (Lipinski definition) is 1. The van der Waals surface area contributed by atoms with Crippen LogP contribution in [0.4, 0.5) is 0 Å². The summed E-state index contributed by atoms with van der Waals surface area (Å²) in [7, 11) is 1.81. The van der Waals surface area contributed by atoms with Gasteiger partial charge in [0.25, 0.3) is 0 Å². The fourth-order valence-corrected chi connectivity index (χ4v) is 2.80. The molecule has 1 aromatic heterocycles. The molecule has 0 aromatic carbocycles. The first-order valence-electron chi connectivity index (χ1n) is 7.42. The monoisotopic (exact) mass is 358 g/mol. The van der Waals surface area contributed by atoms with Crippen molar-refractivity contribution < 1.29 is 9.21 Å². The Labute approximate surface area is 136 Å². The van der Waals surface area contributed by atoms with Crippen LogP contribution in [0.5, 0.6) is 0 Å². The van der Waals surface area contributed by atoms with Crippen molar-refractivity contribution in [2.75, 3.05) is 13.6 Å². The highest BCUT2D eigenvalue weighted by atomic mass is 79.9. The summed E-state index contributed by atoms with van der Waals surface area (Å²) < 4.78 is 6.12. The Morgan fingerprint density at radius 1 is 1.38 bits per heavy atom. The fourth-order valence-electron chi connectivity index (χ4n) is 2.46. The van der Waals surface area contributed by atoms with E-state index in [4.69, 9.17) is 10.2 Å². The highest BCUT2D eigenvalue weighted by Crippen LogP contribution is 2.32. The number of carbonyl (C=O) groups excluding carboxylic acids is 1. The van der Waals surface area contributed by atoms with E-state index < -0.39 is 0 Å². The minimum Gasteiger partial charge on any atom is -0.452 e. The maximum absolute atomic E-state index is 12.2. The van der Waals surface area contributed by atoms with Gasteiger partial charge in [-0.3, -0.25) is 4.79 Å². The first-order valence-corrected chi connectivity index (χ1v) is 8.21. The quantitative estimate of drug-likeness (QED) is 0.806. The molecule has 1 aromatic rings. The molecule has 1 rings (SSSR count). The lowest BCUT2D eigenvalue weighted by molar-refractivity contribution is -0.131. The second-order valence-electron chi connectivity index (χ2n) is 6.63. The predicted octanol–water partition coefficient (Wildman–Crippen LogP) is 3.79. The maximum Gasteiger partial charge on any atom is 0.222 e. The topological polar surface area (TPSA) is 59.5 Å². The molecule has 120 valence electrons. The van der Waals surface area contributed by atoms with E-state index in [0.717, 1.165) is 18.6 Å². The van der Waals surface area contributed by atoms with Crippen LogP contribution < -0.4 is 5.73 Å². The number of amides is 1. The maximum atomic E-state index is 12.2. The van der Waals surface area contributed by atoms with Crippen LogP contribution in [-0.4, -0.2) is 24.4 Å². The van der Waals surface area contributed by atoms with Gasteiger partial charge in [0.05, 0.1) is 6.54 Å². The van der Waals surface area contributed by atoms with Crippen LogP contribution in [0.1, 0.15) is 45.8 Å². The van der Waals surface area contributed by atoms with Crippen LogP contribution in [0.3, 0.4) is 0 Å². The van der Waals surface area contributed by atoms with E-state index in [1.807, 2.05) is 19.2 Å². The zero-order valence-electron chi connectivity index (χ0n) is 13.5. The molecule has 4 nitrogen and oxygen atoms in total. The number of rotatable bonds is 7. The third-order valence-electron chi connectivity index (χ3n) is 3.89. The third-order valence-corrected chi connectivity index (χ3v) is 4.32. The molecule has 0 fully saturated rings. The molecule has 0 aliphatic carbocycles.